The van der Waals surface area contributed by atoms with Crippen LogP contribution in [0.5, 0.6) is 0 Å². The summed E-state index contributed by atoms with van der Waals surface area (Å²) in [5.41, 5.74) is -0.555. The molecule has 6 nitrogen and oxygen atoms in total. The van der Waals surface area contributed by atoms with Crippen LogP contribution in [-0.4, -0.2) is 45.8 Å². The Hall–Kier alpha value is -0.0900. The Balaban J connectivity index is 0.00000324. The lowest BCUT2D eigenvalue weighted by atomic mass is 10.1. The molecule has 0 aromatic carbocycles. The smallest absolute Gasteiger partial charge is 0.209 e. The molecule has 1 saturated carbocycles. The van der Waals surface area contributed by atoms with Crippen molar-refractivity contribution in [1.29, 1.82) is 0 Å². The van der Waals surface area contributed by atoms with Crippen molar-refractivity contribution in [3.63, 3.8) is 0 Å². The Bertz CT molecular complexity index is 422. The van der Waals surface area contributed by atoms with Crippen LogP contribution >= 0.6 is 24.0 Å². The molecule has 1 fully saturated rings. The average molecular weight is 404 g/mol. The minimum atomic E-state index is -3.21. The van der Waals surface area contributed by atoms with Gasteiger partial charge in [0.05, 0.1) is 6.26 Å². The van der Waals surface area contributed by atoms with Crippen molar-refractivity contribution in [2.45, 2.75) is 38.8 Å². The molecule has 1 aliphatic carbocycles. The topological polar surface area (TPSA) is 82.6 Å². The van der Waals surface area contributed by atoms with Crippen molar-refractivity contribution < 1.29 is 8.42 Å². The highest BCUT2D eigenvalue weighted by Crippen LogP contribution is 2.28. The first-order chi connectivity index (χ1) is 8.13. The second kappa shape index (κ2) is 7.07. The molecule has 2 atom stereocenters. The van der Waals surface area contributed by atoms with Gasteiger partial charge in [-0.15, -0.1) is 24.0 Å². The van der Waals surface area contributed by atoms with Crippen LogP contribution in [0.1, 0.15) is 27.2 Å². The van der Waals surface area contributed by atoms with Crippen LogP contribution in [0, 0.1) is 5.92 Å². The minimum Gasteiger partial charge on any atom is -0.355 e. The van der Waals surface area contributed by atoms with E-state index in [4.69, 9.17) is 0 Å². The van der Waals surface area contributed by atoms with Crippen LogP contribution < -0.4 is 15.4 Å². The van der Waals surface area contributed by atoms with Gasteiger partial charge in [-0.05, 0) is 26.2 Å². The van der Waals surface area contributed by atoms with Gasteiger partial charge >= 0.3 is 0 Å². The molecular weight excluding hydrogens is 379 g/mol. The molecule has 19 heavy (non-hydrogen) atoms. The maximum atomic E-state index is 11.2. The molecule has 2 unspecified atom stereocenters. The van der Waals surface area contributed by atoms with Gasteiger partial charge in [0.15, 0.2) is 5.96 Å². The first-order valence-electron chi connectivity index (χ1n) is 6.09. The zero-order chi connectivity index (χ0) is 14.0. The van der Waals surface area contributed by atoms with E-state index in [-0.39, 0.29) is 24.0 Å². The summed E-state index contributed by atoms with van der Waals surface area (Å²) in [6.45, 7) is 6.31. The average Bonchev–Trinajstić information content (AvgIpc) is 2.85. The molecule has 114 valence electrons. The molecular formula is C11H25IN4O2S. The van der Waals surface area contributed by atoms with Crippen LogP contribution in [0.4, 0.5) is 0 Å². The first kappa shape index (κ1) is 18.9. The van der Waals surface area contributed by atoms with Gasteiger partial charge in [-0.2, -0.15) is 0 Å². The van der Waals surface area contributed by atoms with Crippen LogP contribution in [0.3, 0.4) is 0 Å². The zero-order valence-corrected chi connectivity index (χ0v) is 15.3. The summed E-state index contributed by atoms with van der Waals surface area (Å²) in [7, 11) is -1.50. The van der Waals surface area contributed by atoms with Gasteiger partial charge in [0, 0.05) is 25.2 Å². The van der Waals surface area contributed by atoms with Crippen molar-refractivity contribution in [3.8, 4) is 0 Å². The Morgan fingerprint density at radius 3 is 2.32 bits per heavy atom. The highest BCUT2D eigenvalue weighted by molar-refractivity contribution is 14.0. The molecule has 0 aliphatic heterocycles. The number of aliphatic imine (C=N–C) groups is 1. The minimum absolute atomic E-state index is 0. The molecule has 0 saturated heterocycles. The predicted molar refractivity (Wildman–Crippen MR) is 89.5 cm³/mol. The Morgan fingerprint density at radius 2 is 1.95 bits per heavy atom. The number of nitrogens with one attached hydrogen (secondary N) is 3. The number of rotatable bonds is 5. The lowest BCUT2D eigenvalue weighted by Gasteiger charge is -2.26. The fourth-order valence-electron chi connectivity index (χ4n) is 1.74. The highest BCUT2D eigenvalue weighted by atomic mass is 127. The fourth-order valence-corrected chi connectivity index (χ4v) is 2.81. The van der Waals surface area contributed by atoms with Gasteiger partial charge in [-0.1, -0.05) is 6.92 Å². The van der Waals surface area contributed by atoms with Gasteiger partial charge in [0.25, 0.3) is 0 Å². The predicted octanol–water partition coefficient (Wildman–Crippen LogP) is 0.506. The normalized spacial score (nSPS) is 23.5. The molecule has 0 radical (unpaired) electrons. The molecule has 0 spiro atoms. The van der Waals surface area contributed by atoms with Crippen LogP contribution in [0.2, 0.25) is 0 Å². The zero-order valence-electron chi connectivity index (χ0n) is 12.1. The van der Waals surface area contributed by atoms with E-state index in [1.165, 1.54) is 0 Å². The third kappa shape index (κ3) is 7.93. The number of halogens is 1. The van der Waals surface area contributed by atoms with Crippen LogP contribution in [0.15, 0.2) is 4.99 Å². The number of hydrogen-bond donors (Lipinski definition) is 3. The summed E-state index contributed by atoms with van der Waals surface area (Å²) in [5.74, 6) is 1.40. The largest absolute Gasteiger partial charge is 0.355 e. The first-order valence-corrected chi connectivity index (χ1v) is 7.98. The number of guanidine groups is 1. The van der Waals surface area contributed by atoms with E-state index >= 15 is 0 Å². The van der Waals surface area contributed by atoms with E-state index in [0.29, 0.717) is 24.5 Å². The van der Waals surface area contributed by atoms with Crippen LogP contribution in [-0.2, 0) is 10.0 Å². The van der Waals surface area contributed by atoms with E-state index in [0.717, 1.165) is 12.7 Å². The quantitative estimate of drug-likeness (QED) is 0.354. The number of sulfonamides is 1. The van der Waals surface area contributed by atoms with Crippen molar-refractivity contribution in [1.82, 2.24) is 15.4 Å². The van der Waals surface area contributed by atoms with E-state index in [9.17, 15) is 8.42 Å². The lowest BCUT2D eigenvalue weighted by molar-refractivity contribution is 0.446. The van der Waals surface area contributed by atoms with E-state index in [1.54, 1.807) is 7.05 Å². The van der Waals surface area contributed by atoms with E-state index in [1.807, 2.05) is 13.8 Å². The maximum Gasteiger partial charge on any atom is 0.209 e. The second-order valence-corrected chi connectivity index (χ2v) is 7.40. The Kier molecular flexibility index (Phi) is 7.04. The summed E-state index contributed by atoms with van der Waals surface area (Å²) in [6.07, 6.45) is 2.32. The Morgan fingerprint density at radius 1 is 1.42 bits per heavy atom. The van der Waals surface area contributed by atoms with Gasteiger partial charge in [0.1, 0.15) is 0 Å². The molecule has 8 heteroatoms. The van der Waals surface area contributed by atoms with Gasteiger partial charge < -0.3 is 10.6 Å². The van der Waals surface area contributed by atoms with Crippen molar-refractivity contribution >= 4 is 40.0 Å². The van der Waals surface area contributed by atoms with Crippen molar-refractivity contribution in [3.05, 3.63) is 0 Å². The molecule has 3 N–H and O–H groups in total. The molecule has 0 heterocycles. The third-order valence-corrected chi connectivity index (χ3v) is 3.74. The van der Waals surface area contributed by atoms with Gasteiger partial charge in [-0.3, -0.25) is 4.99 Å². The monoisotopic (exact) mass is 404 g/mol. The van der Waals surface area contributed by atoms with Crippen molar-refractivity contribution in [2.24, 2.45) is 10.9 Å². The summed E-state index contributed by atoms with van der Waals surface area (Å²) in [4.78, 5) is 4.12. The molecule has 0 aromatic heterocycles. The van der Waals surface area contributed by atoms with Crippen molar-refractivity contribution in [2.75, 3.05) is 19.8 Å². The molecule has 1 rings (SSSR count). The molecule has 1 aliphatic rings. The van der Waals surface area contributed by atoms with E-state index in [2.05, 4.69) is 27.3 Å². The second-order valence-electron chi connectivity index (χ2n) is 5.65. The Labute approximate surface area is 133 Å². The summed E-state index contributed by atoms with van der Waals surface area (Å²) in [5, 5.41) is 6.42. The van der Waals surface area contributed by atoms with Crippen LogP contribution in [0.25, 0.3) is 0 Å². The summed E-state index contributed by atoms with van der Waals surface area (Å²) >= 11 is 0. The van der Waals surface area contributed by atoms with Gasteiger partial charge in [-0.25, -0.2) is 13.1 Å². The lowest BCUT2D eigenvalue weighted by Crippen LogP contribution is -2.53. The molecule has 0 aromatic rings. The van der Waals surface area contributed by atoms with E-state index < -0.39 is 15.6 Å². The SMILES string of the molecule is CN=C(NCC(C)(C)NS(C)(=O)=O)NC1CC1C.I. The molecule has 0 amide bonds. The number of hydrogen-bond acceptors (Lipinski definition) is 3. The standard InChI is InChI=1S/C11H24N4O2S.HI/c1-8-6-9(8)14-10(12-4)13-7-11(2,3)15-18(5,16)17;/h8-9,15H,6-7H2,1-5H3,(H2,12,13,14);1H. The fraction of sp³-hybridized carbons (Fsp3) is 0.909. The third-order valence-electron chi connectivity index (χ3n) is 2.81. The summed E-state index contributed by atoms with van der Waals surface area (Å²) < 4.78 is 25.0. The van der Waals surface area contributed by atoms with Gasteiger partial charge in [0.2, 0.25) is 10.0 Å². The summed E-state index contributed by atoms with van der Waals surface area (Å²) in [6, 6.07) is 0.488. The number of nitrogens with zero attached hydrogens (tertiary/aromatic N) is 1. The maximum absolute atomic E-state index is 11.2. The highest BCUT2D eigenvalue weighted by Gasteiger charge is 2.33. The molecule has 0 bridgehead atoms.